The summed E-state index contributed by atoms with van der Waals surface area (Å²) < 4.78 is 6.16. The molecule has 1 amide bonds. The number of rotatable bonds is 4. The molecule has 4 rings (SSSR count). The summed E-state index contributed by atoms with van der Waals surface area (Å²) in [4.78, 5) is 23.8. The number of fused-ring (bicyclic) bond motifs is 1. The maximum Gasteiger partial charge on any atom is 0.282 e. The third-order valence-electron chi connectivity index (χ3n) is 4.18. The Morgan fingerprint density at radius 3 is 2.74 bits per heavy atom. The lowest BCUT2D eigenvalue weighted by Crippen LogP contribution is -2.31. The van der Waals surface area contributed by atoms with Crippen molar-refractivity contribution in [2.75, 3.05) is 4.90 Å². The van der Waals surface area contributed by atoms with Crippen LogP contribution in [0.4, 0.5) is 5.13 Å². The Balaban J connectivity index is 1.79. The molecule has 3 aromatic heterocycles. The molecule has 136 valence electrons. The van der Waals surface area contributed by atoms with Crippen LogP contribution < -0.4 is 4.90 Å². The molecule has 0 unspecified atom stereocenters. The van der Waals surface area contributed by atoms with Crippen LogP contribution in [0.5, 0.6) is 0 Å². The Morgan fingerprint density at radius 2 is 2.04 bits per heavy atom. The van der Waals surface area contributed by atoms with E-state index in [4.69, 9.17) is 9.51 Å². The molecule has 3 heterocycles. The van der Waals surface area contributed by atoms with Crippen molar-refractivity contribution < 1.29 is 9.32 Å². The SMILES string of the molecule is Cc1cc(C)c2sc(N(Cc3ccccn3)C(=O)c3cc(C)on3)nc2c1. The lowest BCUT2D eigenvalue weighted by Gasteiger charge is -2.18. The van der Waals surface area contributed by atoms with Crippen LogP contribution in [0.3, 0.4) is 0 Å². The number of aromatic nitrogens is 3. The molecule has 0 spiro atoms. The highest BCUT2D eigenvalue weighted by atomic mass is 32.1. The molecule has 6 nitrogen and oxygen atoms in total. The van der Waals surface area contributed by atoms with Gasteiger partial charge in [0.1, 0.15) is 5.76 Å². The van der Waals surface area contributed by atoms with Gasteiger partial charge < -0.3 is 4.52 Å². The lowest BCUT2D eigenvalue weighted by atomic mass is 10.1. The fourth-order valence-corrected chi connectivity index (χ4v) is 3.98. The topological polar surface area (TPSA) is 72.1 Å². The Morgan fingerprint density at radius 1 is 1.19 bits per heavy atom. The molecule has 1 aromatic carbocycles. The van der Waals surface area contributed by atoms with Crippen LogP contribution >= 0.6 is 11.3 Å². The zero-order valence-corrected chi connectivity index (χ0v) is 16.1. The van der Waals surface area contributed by atoms with Crippen molar-refractivity contribution in [3.8, 4) is 0 Å². The summed E-state index contributed by atoms with van der Waals surface area (Å²) in [6.07, 6.45) is 1.71. The van der Waals surface area contributed by atoms with Crippen LogP contribution in [0.25, 0.3) is 10.2 Å². The third-order valence-corrected chi connectivity index (χ3v) is 5.41. The normalized spacial score (nSPS) is 11.1. The second-order valence-corrected chi connectivity index (χ2v) is 7.44. The fraction of sp³-hybridized carbons (Fsp3) is 0.200. The van der Waals surface area contributed by atoms with Crippen molar-refractivity contribution in [1.29, 1.82) is 0 Å². The average Bonchev–Trinajstić information content (AvgIpc) is 3.26. The van der Waals surface area contributed by atoms with Crippen molar-refractivity contribution in [3.05, 3.63) is 70.9 Å². The molecule has 0 N–H and O–H groups in total. The Kier molecular flexibility index (Phi) is 4.45. The number of thiazole rings is 1. The molecule has 0 radical (unpaired) electrons. The summed E-state index contributed by atoms with van der Waals surface area (Å²) in [5, 5.41) is 4.50. The molecule has 0 fully saturated rings. The van der Waals surface area contributed by atoms with Gasteiger partial charge in [0, 0.05) is 12.3 Å². The van der Waals surface area contributed by atoms with Gasteiger partial charge in [0.05, 0.1) is 22.5 Å². The van der Waals surface area contributed by atoms with Gasteiger partial charge in [-0.3, -0.25) is 14.7 Å². The largest absolute Gasteiger partial charge is 0.361 e. The summed E-state index contributed by atoms with van der Waals surface area (Å²) in [7, 11) is 0. The molecule has 4 aromatic rings. The van der Waals surface area contributed by atoms with Crippen molar-refractivity contribution in [2.45, 2.75) is 27.3 Å². The minimum absolute atomic E-state index is 0.258. The second kappa shape index (κ2) is 6.92. The molecular weight excluding hydrogens is 360 g/mol. The van der Waals surface area contributed by atoms with Crippen LogP contribution in [-0.2, 0) is 6.54 Å². The van der Waals surface area contributed by atoms with E-state index < -0.39 is 0 Å². The second-order valence-electron chi connectivity index (χ2n) is 6.46. The van der Waals surface area contributed by atoms with Crippen LogP contribution in [0.2, 0.25) is 0 Å². The number of amides is 1. The summed E-state index contributed by atoms with van der Waals surface area (Å²) in [5.74, 6) is 0.331. The first-order valence-corrected chi connectivity index (χ1v) is 9.36. The van der Waals surface area contributed by atoms with E-state index in [0.29, 0.717) is 17.4 Å². The van der Waals surface area contributed by atoms with Gasteiger partial charge in [0.25, 0.3) is 5.91 Å². The average molecular weight is 378 g/mol. The maximum atomic E-state index is 13.1. The number of hydrogen-bond donors (Lipinski definition) is 0. The van der Waals surface area contributed by atoms with Gasteiger partial charge in [-0.2, -0.15) is 0 Å². The summed E-state index contributed by atoms with van der Waals surface area (Å²) in [6.45, 7) is 6.17. The minimum Gasteiger partial charge on any atom is -0.361 e. The highest BCUT2D eigenvalue weighted by molar-refractivity contribution is 7.22. The molecule has 0 aliphatic heterocycles. The van der Waals surface area contributed by atoms with Gasteiger partial charge in [-0.1, -0.05) is 28.6 Å². The quantitative estimate of drug-likeness (QED) is 0.524. The van der Waals surface area contributed by atoms with Crippen molar-refractivity contribution in [1.82, 2.24) is 15.1 Å². The van der Waals surface area contributed by atoms with Gasteiger partial charge in [0.15, 0.2) is 10.8 Å². The summed E-state index contributed by atoms with van der Waals surface area (Å²) in [5.41, 5.74) is 4.22. The Bertz CT molecular complexity index is 1120. The van der Waals surface area contributed by atoms with Gasteiger partial charge >= 0.3 is 0 Å². The van der Waals surface area contributed by atoms with E-state index in [9.17, 15) is 4.79 Å². The molecule has 0 atom stereocenters. The van der Waals surface area contributed by atoms with E-state index >= 15 is 0 Å². The number of pyridine rings is 1. The van der Waals surface area contributed by atoms with E-state index in [0.717, 1.165) is 27.0 Å². The van der Waals surface area contributed by atoms with Gasteiger partial charge in [0.2, 0.25) is 0 Å². The molecule has 0 bridgehead atoms. The fourth-order valence-electron chi connectivity index (χ4n) is 2.97. The molecule has 0 saturated heterocycles. The number of nitrogens with zero attached hydrogens (tertiary/aromatic N) is 4. The highest BCUT2D eigenvalue weighted by Gasteiger charge is 2.25. The number of aryl methyl sites for hydroxylation is 3. The van der Waals surface area contributed by atoms with Crippen molar-refractivity contribution in [3.63, 3.8) is 0 Å². The van der Waals surface area contributed by atoms with Crippen LogP contribution in [0.1, 0.15) is 33.1 Å². The summed E-state index contributed by atoms with van der Waals surface area (Å²) in [6, 6.07) is 11.4. The predicted molar refractivity (Wildman–Crippen MR) is 105 cm³/mol. The van der Waals surface area contributed by atoms with Crippen LogP contribution in [0, 0.1) is 20.8 Å². The van der Waals surface area contributed by atoms with E-state index in [1.165, 1.54) is 11.3 Å². The lowest BCUT2D eigenvalue weighted by molar-refractivity contribution is 0.0976. The molecule has 0 aliphatic carbocycles. The van der Waals surface area contributed by atoms with Crippen molar-refractivity contribution >= 4 is 32.6 Å². The van der Waals surface area contributed by atoms with E-state index in [-0.39, 0.29) is 11.6 Å². The van der Waals surface area contributed by atoms with Crippen LogP contribution in [0.15, 0.2) is 47.1 Å². The van der Waals surface area contributed by atoms with E-state index in [1.807, 2.05) is 31.2 Å². The van der Waals surface area contributed by atoms with Crippen molar-refractivity contribution in [2.24, 2.45) is 0 Å². The zero-order valence-electron chi connectivity index (χ0n) is 15.3. The smallest absolute Gasteiger partial charge is 0.282 e. The predicted octanol–water partition coefficient (Wildman–Crippen LogP) is 4.45. The van der Waals surface area contributed by atoms with Gasteiger partial charge in [-0.25, -0.2) is 4.98 Å². The number of anilines is 1. The van der Waals surface area contributed by atoms with Gasteiger partial charge in [-0.05, 0) is 50.1 Å². The van der Waals surface area contributed by atoms with E-state index in [1.54, 1.807) is 24.1 Å². The molecule has 27 heavy (non-hydrogen) atoms. The van der Waals surface area contributed by atoms with Crippen LogP contribution in [-0.4, -0.2) is 21.0 Å². The number of benzene rings is 1. The van der Waals surface area contributed by atoms with Gasteiger partial charge in [-0.15, -0.1) is 0 Å². The first-order chi connectivity index (χ1) is 13.0. The maximum absolute atomic E-state index is 13.1. The number of carbonyl (C=O) groups excluding carboxylic acids is 1. The summed E-state index contributed by atoms with van der Waals surface area (Å²) >= 11 is 1.50. The Labute approximate surface area is 160 Å². The molecule has 0 aliphatic rings. The number of hydrogen-bond acceptors (Lipinski definition) is 6. The zero-order chi connectivity index (χ0) is 19.0. The first kappa shape index (κ1) is 17.4. The first-order valence-electron chi connectivity index (χ1n) is 8.54. The Hall–Kier alpha value is -3.06. The third kappa shape index (κ3) is 3.46. The standard InChI is InChI=1S/C20H18N4O2S/c1-12-8-13(2)18-16(9-12)22-20(27-18)24(11-15-6-4-5-7-21-15)19(25)17-10-14(3)26-23-17/h4-10H,11H2,1-3H3. The minimum atomic E-state index is -0.258. The number of carbonyl (C=O) groups is 1. The molecule has 0 saturated carbocycles. The molecular formula is C20H18N4O2S. The van der Waals surface area contributed by atoms with E-state index in [2.05, 4.69) is 23.1 Å². The highest BCUT2D eigenvalue weighted by Crippen LogP contribution is 2.33. The molecule has 7 heteroatoms. The monoisotopic (exact) mass is 378 g/mol.